The Bertz CT molecular complexity index is 523. The monoisotopic (exact) mass is 306 g/mol. The lowest BCUT2D eigenvalue weighted by Gasteiger charge is -2.29. The lowest BCUT2D eigenvalue weighted by Crippen LogP contribution is -2.36. The van der Waals surface area contributed by atoms with Crippen molar-refractivity contribution in [3.8, 4) is 5.88 Å². The number of hydrogen-bond acceptors (Lipinski definition) is 4. The largest absolute Gasteiger partial charge is 0.475 e. The molecule has 5 nitrogen and oxygen atoms in total. The summed E-state index contributed by atoms with van der Waals surface area (Å²) in [7, 11) is 0. The van der Waals surface area contributed by atoms with Crippen LogP contribution in [0.15, 0.2) is 18.3 Å². The second kappa shape index (κ2) is 6.55. The van der Waals surface area contributed by atoms with Gasteiger partial charge in [-0.1, -0.05) is 6.07 Å². The minimum atomic E-state index is -0.490. The molecule has 1 aromatic heterocycles. The van der Waals surface area contributed by atoms with Crippen LogP contribution in [0.25, 0.3) is 0 Å². The molecule has 2 rings (SSSR count). The molecule has 1 unspecified atom stereocenters. The standard InChI is InChI=1S/C17H26N2O3/c1-12(2)21-15-13(8-6-10-18-15)14-9-7-11-19(14)16(20)22-17(3,4)5/h6,8,10,12,14H,7,9,11H2,1-5H3. The lowest BCUT2D eigenvalue weighted by atomic mass is 10.1. The number of carbonyl (C=O) groups is 1. The number of rotatable bonds is 3. The summed E-state index contributed by atoms with van der Waals surface area (Å²) in [4.78, 5) is 18.5. The van der Waals surface area contributed by atoms with Gasteiger partial charge in [-0.05, 0) is 53.5 Å². The van der Waals surface area contributed by atoms with Crippen molar-refractivity contribution in [1.29, 1.82) is 0 Å². The van der Waals surface area contributed by atoms with Crippen LogP contribution in [0.2, 0.25) is 0 Å². The van der Waals surface area contributed by atoms with Crippen molar-refractivity contribution in [1.82, 2.24) is 9.88 Å². The number of likely N-dealkylation sites (tertiary alicyclic amines) is 1. The van der Waals surface area contributed by atoms with Crippen LogP contribution in [-0.4, -0.2) is 34.2 Å². The summed E-state index contributed by atoms with van der Waals surface area (Å²) >= 11 is 0. The van der Waals surface area contributed by atoms with Crippen molar-refractivity contribution >= 4 is 6.09 Å². The van der Waals surface area contributed by atoms with Crippen molar-refractivity contribution in [2.24, 2.45) is 0 Å². The molecule has 1 aromatic rings. The van der Waals surface area contributed by atoms with Gasteiger partial charge in [0.05, 0.1) is 12.1 Å². The van der Waals surface area contributed by atoms with Crippen molar-refractivity contribution < 1.29 is 14.3 Å². The van der Waals surface area contributed by atoms with E-state index in [2.05, 4.69) is 4.98 Å². The molecule has 0 aromatic carbocycles. The molecule has 1 amide bonds. The number of hydrogen-bond donors (Lipinski definition) is 0. The summed E-state index contributed by atoms with van der Waals surface area (Å²) in [6, 6.07) is 3.84. The van der Waals surface area contributed by atoms with Crippen LogP contribution < -0.4 is 4.74 Å². The van der Waals surface area contributed by atoms with Gasteiger partial charge in [-0.25, -0.2) is 9.78 Å². The number of amides is 1. The van der Waals surface area contributed by atoms with E-state index in [0.29, 0.717) is 12.4 Å². The van der Waals surface area contributed by atoms with Gasteiger partial charge in [0.1, 0.15) is 5.60 Å². The van der Waals surface area contributed by atoms with Crippen LogP contribution in [0.5, 0.6) is 5.88 Å². The van der Waals surface area contributed by atoms with Gasteiger partial charge in [0.25, 0.3) is 0 Å². The van der Waals surface area contributed by atoms with Crippen LogP contribution >= 0.6 is 0 Å². The van der Waals surface area contributed by atoms with Crippen LogP contribution in [0.1, 0.15) is 59.1 Å². The van der Waals surface area contributed by atoms with Gasteiger partial charge >= 0.3 is 6.09 Å². The highest BCUT2D eigenvalue weighted by molar-refractivity contribution is 5.69. The number of pyridine rings is 1. The molecule has 0 spiro atoms. The van der Waals surface area contributed by atoms with Gasteiger partial charge in [-0.15, -0.1) is 0 Å². The third-order valence-electron chi connectivity index (χ3n) is 3.39. The van der Waals surface area contributed by atoms with E-state index >= 15 is 0 Å². The molecule has 22 heavy (non-hydrogen) atoms. The van der Waals surface area contributed by atoms with Crippen LogP contribution in [-0.2, 0) is 4.74 Å². The average Bonchev–Trinajstić information content (AvgIpc) is 2.85. The van der Waals surface area contributed by atoms with E-state index in [1.54, 1.807) is 11.1 Å². The fourth-order valence-electron chi connectivity index (χ4n) is 2.61. The molecule has 1 fully saturated rings. The summed E-state index contributed by atoms with van der Waals surface area (Å²) in [5.74, 6) is 0.609. The van der Waals surface area contributed by atoms with Gasteiger partial charge in [-0.2, -0.15) is 0 Å². The Labute approximate surface area is 132 Å². The van der Waals surface area contributed by atoms with Crippen LogP contribution in [0.4, 0.5) is 4.79 Å². The molecule has 0 N–H and O–H groups in total. The predicted molar refractivity (Wildman–Crippen MR) is 84.9 cm³/mol. The smallest absolute Gasteiger partial charge is 0.410 e. The van der Waals surface area contributed by atoms with Gasteiger partial charge < -0.3 is 14.4 Å². The molecule has 2 heterocycles. The fraction of sp³-hybridized carbons (Fsp3) is 0.647. The summed E-state index contributed by atoms with van der Waals surface area (Å²) < 4.78 is 11.3. The Morgan fingerprint density at radius 2 is 2.14 bits per heavy atom. The molecular formula is C17H26N2O3. The maximum atomic E-state index is 12.4. The first-order valence-corrected chi connectivity index (χ1v) is 7.89. The molecule has 0 aliphatic carbocycles. The molecule has 122 valence electrons. The topological polar surface area (TPSA) is 51.7 Å². The Balaban J connectivity index is 2.22. The Morgan fingerprint density at radius 3 is 2.77 bits per heavy atom. The molecule has 1 saturated heterocycles. The zero-order valence-corrected chi connectivity index (χ0v) is 14.1. The highest BCUT2D eigenvalue weighted by Gasteiger charge is 2.35. The molecule has 1 atom stereocenters. The van der Waals surface area contributed by atoms with E-state index in [1.807, 2.05) is 46.8 Å². The van der Waals surface area contributed by atoms with Crippen molar-refractivity contribution in [2.45, 2.75) is 65.2 Å². The van der Waals surface area contributed by atoms with Gasteiger partial charge in [0.15, 0.2) is 0 Å². The maximum Gasteiger partial charge on any atom is 0.410 e. The summed E-state index contributed by atoms with van der Waals surface area (Å²) in [5, 5.41) is 0. The third-order valence-corrected chi connectivity index (χ3v) is 3.39. The first-order valence-electron chi connectivity index (χ1n) is 7.89. The first-order chi connectivity index (χ1) is 10.3. The summed E-state index contributed by atoms with van der Waals surface area (Å²) in [5.41, 5.74) is 0.468. The maximum absolute atomic E-state index is 12.4. The SMILES string of the molecule is CC(C)Oc1ncccc1C1CCCN1C(=O)OC(C)(C)C. The van der Waals surface area contributed by atoms with E-state index in [-0.39, 0.29) is 18.2 Å². The Morgan fingerprint density at radius 1 is 1.41 bits per heavy atom. The first kappa shape index (κ1) is 16.6. The minimum absolute atomic E-state index is 0.0303. The molecule has 5 heteroatoms. The minimum Gasteiger partial charge on any atom is -0.475 e. The highest BCUT2D eigenvalue weighted by Crippen LogP contribution is 2.37. The molecule has 1 aliphatic heterocycles. The highest BCUT2D eigenvalue weighted by atomic mass is 16.6. The van der Waals surface area contributed by atoms with E-state index in [4.69, 9.17) is 9.47 Å². The second-order valence-corrected chi connectivity index (χ2v) is 6.90. The van der Waals surface area contributed by atoms with Crippen LogP contribution in [0, 0.1) is 0 Å². The fourth-order valence-corrected chi connectivity index (χ4v) is 2.61. The van der Waals surface area contributed by atoms with E-state index in [9.17, 15) is 4.79 Å². The van der Waals surface area contributed by atoms with E-state index in [1.165, 1.54) is 0 Å². The van der Waals surface area contributed by atoms with Gasteiger partial charge in [0.2, 0.25) is 5.88 Å². The number of ether oxygens (including phenoxy) is 2. The predicted octanol–water partition coefficient (Wildman–Crippen LogP) is 3.94. The van der Waals surface area contributed by atoms with E-state index < -0.39 is 5.60 Å². The van der Waals surface area contributed by atoms with Crippen molar-refractivity contribution in [3.05, 3.63) is 23.9 Å². The molecule has 0 radical (unpaired) electrons. The summed E-state index contributed by atoms with van der Waals surface area (Å²) in [6.07, 6.45) is 3.35. The zero-order valence-electron chi connectivity index (χ0n) is 14.1. The molecular weight excluding hydrogens is 280 g/mol. The number of carbonyl (C=O) groups excluding carboxylic acids is 1. The van der Waals surface area contributed by atoms with E-state index in [0.717, 1.165) is 18.4 Å². The average molecular weight is 306 g/mol. The molecule has 0 saturated carbocycles. The number of aromatic nitrogens is 1. The van der Waals surface area contributed by atoms with Gasteiger partial charge in [0, 0.05) is 18.3 Å². The second-order valence-electron chi connectivity index (χ2n) is 6.90. The van der Waals surface area contributed by atoms with Crippen LogP contribution in [0.3, 0.4) is 0 Å². The third kappa shape index (κ3) is 4.12. The van der Waals surface area contributed by atoms with Crippen molar-refractivity contribution in [3.63, 3.8) is 0 Å². The molecule has 1 aliphatic rings. The summed E-state index contributed by atoms with van der Waals surface area (Å²) in [6.45, 7) is 10.3. The normalized spacial score (nSPS) is 18.6. The zero-order chi connectivity index (χ0) is 16.3. The quantitative estimate of drug-likeness (QED) is 0.848. The lowest BCUT2D eigenvalue weighted by molar-refractivity contribution is 0.0222. The number of nitrogens with zero attached hydrogens (tertiary/aromatic N) is 2. The van der Waals surface area contributed by atoms with Gasteiger partial charge in [-0.3, -0.25) is 0 Å². The Kier molecular flexibility index (Phi) is 4.94. The molecule has 0 bridgehead atoms. The van der Waals surface area contributed by atoms with Crippen molar-refractivity contribution in [2.75, 3.05) is 6.54 Å². The Hall–Kier alpha value is -1.78.